The Kier molecular flexibility index (Phi) is 3.16. The first kappa shape index (κ1) is 12.1. The fourth-order valence-electron chi connectivity index (χ4n) is 0.996. The van der Waals surface area contributed by atoms with Crippen LogP contribution in [0.4, 0.5) is 13.2 Å². The second kappa shape index (κ2) is 3.90. The number of hydrogen-bond donors (Lipinski definition) is 1. The van der Waals surface area contributed by atoms with E-state index < -0.39 is 28.3 Å². The van der Waals surface area contributed by atoms with Crippen LogP contribution in [0.15, 0.2) is 12.1 Å². The molecular weight excluding hydrogens is 256 g/mol. The van der Waals surface area contributed by atoms with Gasteiger partial charge in [-0.1, -0.05) is 23.2 Å². The lowest BCUT2D eigenvalue weighted by Gasteiger charge is -2.11. The van der Waals surface area contributed by atoms with Crippen LogP contribution in [-0.4, -0.2) is 11.1 Å². The highest BCUT2D eigenvalue weighted by Crippen LogP contribution is 2.37. The van der Waals surface area contributed by atoms with E-state index in [1.54, 1.807) is 0 Å². The van der Waals surface area contributed by atoms with Gasteiger partial charge in [0, 0.05) is 0 Å². The van der Waals surface area contributed by atoms with Gasteiger partial charge in [0.2, 0.25) is 0 Å². The molecule has 2 nitrogen and oxygen atoms in total. The summed E-state index contributed by atoms with van der Waals surface area (Å²) in [7, 11) is 0. The van der Waals surface area contributed by atoms with Gasteiger partial charge in [0.05, 0.1) is 21.2 Å². The SMILES string of the molecule is O=C(O)c1c(C(F)(F)F)ccc(Cl)c1Cl. The van der Waals surface area contributed by atoms with Gasteiger partial charge >= 0.3 is 12.1 Å². The molecule has 82 valence electrons. The highest BCUT2D eigenvalue weighted by Gasteiger charge is 2.37. The van der Waals surface area contributed by atoms with Crippen LogP contribution in [0.2, 0.25) is 10.0 Å². The number of carbonyl (C=O) groups is 1. The smallest absolute Gasteiger partial charge is 0.417 e. The molecule has 0 aliphatic rings. The monoisotopic (exact) mass is 258 g/mol. The molecule has 0 aliphatic heterocycles. The van der Waals surface area contributed by atoms with Crippen molar-refractivity contribution < 1.29 is 23.1 Å². The highest BCUT2D eigenvalue weighted by molar-refractivity contribution is 6.43. The maximum atomic E-state index is 12.4. The minimum atomic E-state index is -4.78. The van der Waals surface area contributed by atoms with Crippen molar-refractivity contribution in [3.05, 3.63) is 33.3 Å². The third kappa shape index (κ3) is 2.35. The number of rotatable bonds is 1. The topological polar surface area (TPSA) is 37.3 Å². The average molecular weight is 259 g/mol. The van der Waals surface area contributed by atoms with E-state index in [4.69, 9.17) is 28.3 Å². The largest absolute Gasteiger partial charge is 0.478 e. The maximum Gasteiger partial charge on any atom is 0.417 e. The van der Waals surface area contributed by atoms with Crippen LogP contribution in [0.3, 0.4) is 0 Å². The number of benzene rings is 1. The van der Waals surface area contributed by atoms with Gasteiger partial charge in [-0.15, -0.1) is 0 Å². The third-order valence-electron chi connectivity index (χ3n) is 1.61. The molecule has 0 amide bonds. The van der Waals surface area contributed by atoms with Gasteiger partial charge < -0.3 is 5.11 Å². The summed E-state index contributed by atoms with van der Waals surface area (Å²) in [6.07, 6.45) is -4.78. The molecule has 0 fully saturated rings. The minimum absolute atomic E-state index is 0.234. The van der Waals surface area contributed by atoms with Gasteiger partial charge in [-0.3, -0.25) is 0 Å². The van der Waals surface area contributed by atoms with E-state index in [1.807, 2.05) is 0 Å². The van der Waals surface area contributed by atoms with Crippen molar-refractivity contribution in [3.8, 4) is 0 Å². The van der Waals surface area contributed by atoms with Crippen LogP contribution >= 0.6 is 23.2 Å². The maximum absolute atomic E-state index is 12.4. The van der Waals surface area contributed by atoms with Crippen LogP contribution < -0.4 is 0 Å². The number of carboxylic acid groups (broad SMARTS) is 1. The molecule has 0 atom stereocenters. The molecule has 1 N–H and O–H groups in total. The third-order valence-corrected chi connectivity index (χ3v) is 2.42. The fraction of sp³-hybridized carbons (Fsp3) is 0.125. The molecule has 0 bridgehead atoms. The average Bonchev–Trinajstić information content (AvgIpc) is 2.06. The van der Waals surface area contributed by atoms with Gasteiger partial charge in [-0.2, -0.15) is 13.2 Å². The lowest BCUT2D eigenvalue weighted by molar-refractivity contribution is -0.138. The Morgan fingerprint density at radius 3 is 2.20 bits per heavy atom. The summed E-state index contributed by atoms with van der Waals surface area (Å²) in [5.74, 6) is -1.77. The summed E-state index contributed by atoms with van der Waals surface area (Å²) in [5.41, 5.74) is -2.35. The Labute approximate surface area is 92.2 Å². The predicted octanol–water partition coefficient (Wildman–Crippen LogP) is 3.71. The van der Waals surface area contributed by atoms with Gasteiger partial charge in [-0.05, 0) is 12.1 Å². The van der Waals surface area contributed by atoms with E-state index in [9.17, 15) is 18.0 Å². The standard InChI is InChI=1S/C8H3Cl2F3O2/c9-4-2-1-3(8(11,12)13)5(6(4)10)7(14)15/h1-2H,(H,14,15). The molecule has 0 radical (unpaired) electrons. The number of halogens is 5. The van der Waals surface area contributed by atoms with E-state index in [0.717, 1.165) is 6.07 Å². The summed E-state index contributed by atoms with van der Waals surface area (Å²) in [6, 6.07) is 1.48. The van der Waals surface area contributed by atoms with Crippen molar-refractivity contribution in [1.82, 2.24) is 0 Å². The second-order valence-electron chi connectivity index (χ2n) is 2.59. The lowest BCUT2D eigenvalue weighted by atomic mass is 10.1. The van der Waals surface area contributed by atoms with Crippen molar-refractivity contribution >= 4 is 29.2 Å². The Balaban J connectivity index is 3.55. The normalized spacial score (nSPS) is 11.5. The minimum Gasteiger partial charge on any atom is -0.478 e. The molecule has 1 rings (SSSR count). The summed E-state index contributed by atoms with van der Waals surface area (Å²) >= 11 is 10.8. The molecule has 0 saturated carbocycles. The van der Waals surface area contributed by atoms with E-state index in [1.165, 1.54) is 0 Å². The molecule has 0 saturated heterocycles. The number of alkyl halides is 3. The van der Waals surface area contributed by atoms with E-state index in [-0.39, 0.29) is 5.02 Å². The fourth-order valence-corrected chi connectivity index (χ4v) is 1.40. The molecular formula is C8H3Cl2F3O2. The lowest BCUT2D eigenvalue weighted by Crippen LogP contribution is -2.13. The molecule has 0 spiro atoms. The zero-order chi connectivity index (χ0) is 11.8. The molecule has 0 unspecified atom stereocenters. The molecule has 1 aromatic rings. The highest BCUT2D eigenvalue weighted by atomic mass is 35.5. The Morgan fingerprint density at radius 2 is 1.80 bits per heavy atom. The molecule has 15 heavy (non-hydrogen) atoms. The van der Waals surface area contributed by atoms with Gasteiger partial charge in [0.15, 0.2) is 0 Å². The molecule has 0 aliphatic carbocycles. The zero-order valence-corrected chi connectivity index (χ0v) is 8.41. The van der Waals surface area contributed by atoms with Gasteiger partial charge in [0.1, 0.15) is 0 Å². The summed E-state index contributed by atoms with van der Waals surface area (Å²) in [4.78, 5) is 10.6. The Morgan fingerprint density at radius 1 is 1.27 bits per heavy atom. The summed E-state index contributed by atoms with van der Waals surface area (Å²) in [6.45, 7) is 0. The second-order valence-corrected chi connectivity index (χ2v) is 3.37. The van der Waals surface area contributed by atoms with Crippen molar-refractivity contribution in [2.75, 3.05) is 0 Å². The van der Waals surface area contributed by atoms with Gasteiger partial charge in [0.25, 0.3) is 0 Å². The van der Waals surface area contributed by atoms with E-state index >= 15 is 0 Å². The Bertz CT molecular complexity index is 415. The van der Waals surface area contributed by atoms with Crippen LogP contribution in [0, 0.1) is 0 Å². The van der Waals surface area contributed by atoms with Crippen LogP contribution in [-0.2, 0) is 6.18 Å². The predicted molar refractivity (Wildman–Crippen MR) is 48.4 cm³/mol. The first-order chi connectivity index (χ1) is 6.75. The molecule has 0 aromatic heterocycles. The van der Waals surface area contributed by atoms with E-state index in [0.29, 0.717) is 6.07 Å². The number of carboxylic acids is 1. The molecule has 7 heteroatoms. The quantitative estimate of drug-likeness (QED) is 0.834. The molecule has 0 heterocycles. The number of hydrogen-bond acceptors (Lipinski definition) is 1. The van der Waals surface area contributed by atoms with Crippen LogP contribution in [0.1, 0.15) is 15.9 Å². The van der Waals surface area contributed by atoms with Crippen LogP contribution in [0.5, 0.6) is 0 Å². The van der Waals surface area contributed by atoms with Crippen LogP contribution in [0.25, 0.3) is 0 Å². The number of aromatic carboxylic acids is 1. The van der Waals surface area contributed by atoms with E-state index in [2.05, 4.69) is 0 Å². The van der Waals surface area contributed by atoms with Crippen molar-refractivity contribution in [2.24, 2.45) is 0 Å². The summed E-state index contributed by atoms with van der Waals surface area (Å²) in [5, 5.41) is 7.74. The van der Waals surface area contributed by atoms with Crippen molar-refractivity contribution in [3.63, 3.8) is 0 Å². The molecule has 1 aromatic carbocycles. The summed E-state index contributed by atoms with van der Waals surface area (Å²) < 4.78 is 37.1. The van der Waals surface area contributed by atoms with Gasteiger partial charge in [-0.25, -0.2) is 4.79 Å². The van der Waals surface area contributed by atoms with Crippen molar-refractivity contribution in [1.29, 1.82) is 0 Å². The first-order valence-electron chi connectivity index (χ1n) is 3.53. The first-order valence-corrected chi connectivity index (χ1v) is 4.29. The van der Waals surface area contributed by atoms with Crippen molar-refractivity contribution in [2.45, 2.75) is 6.18 Å². The Hall–Kier alpha value is -0.940. The zero-order valence-electron chi connectivity index (χ0n) is 6.90.